The Morgan fingerprint density at radius 2 is 1.75 bits per heavy atom. The lowest BCUT2D eigenvalue weighted by Gasteiger charge is -2.21. The number of amides is 1. The van der Waals surface area contributed by atoms with Crippen LogP contribution in [0.25, 0.3) is 0 Å². The van der Waals surface area contributed by atoms with E-state index in [9.17, 15) is 15.0 Å². The van der Waals surface area contributed by atoms with E-state index in [0.717, 1.165) is 13.1 Å². The highest BCUT2D eigenvalue weighted by atomic mass is 16.3. The minimum absolute atomic E-state index is 0.106. The molecule has 0 radical (unpaired) electrons. The number of nitrogens with one attached hydrogen (secondary N) is 1. The Labute approximate surface area is 164 Å². The molecule has 0 bridgehead atoms. The quantitative estimate of drug-likeness (QED) is 0.513. The average molecular weight is 382 g/mol. The van der Waals surface area contributed by atoms with Crippen LogP contribution in [0.3, 0.4) is 0 Å². The highest BCUT2D eigenvalue weighted by molar-refractivity contribution is 5.85. The van der Waals surface area contributed by atoms with E-state index < -0.39 is 6.10 Å². The Bertz CT molecular complexity index is 797. The number of phenols is 1. The van der Waals surface area contributed by atoms with Crippen molar-refractivity contribution in [1.82, 2.24) is 15.2 Å². The maximum Gasteiger partial charge on any atom is 0.254 e. The molecule has 1 saturated heterocycles. The zero-order valence-corrected chi connectivity index (χ0v) is 15.7. The summed E-state index contributed by atoms with van der Waals surface area (Å²) in [5.41, 5.74) is 4.21. The summed E-state index contributed by atoms with van der Waals surface area (Å²) < 4.78 is 0. The molecule has 3 N–H and O–H groups in total. The van der Waals surface area contributed by atoms with E-state index in [1.54, 1.807) is 24.3 Å². The SMILES string of the molecule is O=C(CN1CCN(Cc2ccccc2)CC(O)C1)N/N=C/c1ccccc1O. The second kappa shape index (κ2) is 9.98. The summed E-state index contributed by atoms with van der Waals surface area (Å²) in [5, 5.41) is 23.9. The number of aromatic hydroxyl groups is 1. The first kappa shape index (κ1) is 20.0. The van der Waals surface area contributed by atoms with Crippen LogP contribution >= 0.6 is 0 Å². The largest absolute Gasteiger partial charge is 0.507 e. The number of aliphatic hydroxyl groups is 1. The van der Waals surface area contributed by atoms with Gasteiger partial charge in [0.05, 0.1) is 18.9 Å². The molecule has 1 atom stereocenters. The third-order valence-electron chi connectivity index (χ3n) is 4.62. The first-order valence-corrected chi connectivity index (χ1v) is 9.37. The van der Waals surface area contributed by atoms with Crippen molar-refractivity contribution < 1.29 is 15.0 Å². The molecular formula is C21H26N4O3. The van der Waals surface area contributed by atoms with Gasteiger partial charge in [0.1, 0.15) is 5.75 Å². The number of benzene rings is 2. The van der Waals surface area contributed by atoms with Crippen LogP contribution in [0.4, 0.5) is 0 Å². The molecule has 148 valence electrons. The molecule has 7 heteroatoms. The normalized spacial score (nSPS) is 18.8. The fraction of sp³-hybridized carbons (Fsp3) is 0.333. The first-order valence-electron chi connectivity index (χ1n) is 9.37. The van der Waals surface area contributed by atoms with Crippen LogP contribution in [-0.2, 0) is 11.3 Å². The van der Waals surface area contributed by atoms with E-state index in [0.29, 0.717) is 25.2 Å². The predicted octanol–water partition coefficient (Wildman–Crippen LogP) is 1.02. The van der Waals surface area contributed by atoms with Gasteiger partial charge in [-0.25, -0.2) is 5.43 Å². The molecule has 0 spiro atoms. The molecule has 3 rings (SSSR count). The minimum atomic E-state index is -0.510. The monoisotopic (exact) mass is 382 g/mol. The number of hydrogen-bond donors (Lipinski definition) is 3. The summed E-state index contributed by atoms with van der Waals surface area (Å²) in [6.45, 7) is 3.44. The standard InChI is InChI=1S/C21H26N4O3/c26-19-14-24(13-17-6-2-1-3-7-17)10-11-25(15-19)16-21(28)23-22-12-18-8-4-5-9-20(18)27/h1-9,12,19,26-27H,10-11,13-16H2,(H,23,28)/b22-12+. The van der Waals surface area contributed by atoms with Crippen molar-refractivity contribution in [2.45, 2.75) is 12.6 Å². The van der Waals surface area contributed by atoms with Crippen LogP contribution in [0.15, 0.2) is 59.7 Å². The van der Waals surface area contributed by atoms with Crippen LogP contribution < -0.4 is 5.43 Å². The van der Waals surface area contributed by atoms with E-state index >= 15 is 0 Å². The van der Waals surface area contributed by atoms with Gasteiger partial charge in [-0.05, 0) is 17.7 Å². The molecule has 1 amide bonds. The number of rotatable bonds is 6. The Morgan fingerprint density at radius 3 is 2.54 bits per heavy atom. The van der Waals surface area contributed by atoms with E-state index in [2.05, 4.69) is 27.6 Å². The van der Waals surface area contributed by atoms with Gasteiger partial charge in [0, 0.05) is 38.3 Å². The molecule has 0 aromatic heterocycles. The predicted molar refractivity (Wildman–Crippen MR) is 108 cm³/mol. The second-order valence-corrected chi connectivity index (χ2v) is 6.96. The van der Waals surface area contributed by atoms with Crippen molar-refractivity contribution >= 4 is 12.1 Å². The van der Waals surface area contributed by atoms with Gasteiger partial charge >= 0.3 is 0 Å². The number of β-amino-alcohol motifs (C(OH)–C–C–N with tert-alkyl or cyclic N) is 1. The number of nitrogens with zero attached hydrogens (tertiary/aromatic N) is 3. The van der Waals surface area contributed by atoms with Crippen LogP contribution in [-0.4, -0.2) is 71.0 Å². The maximum absolute atomic E-state index is 12.2. The van der Waals surface area contributed by atoms with E-state index in [1.165, 1.54) is 11.8 Å². The number of para-hydroxylation sites is 1. The van der Waals surface area contributed by atoms with Crippen molar-refractivity contribution in [3.63, 3.8) is 0 Å². The van der Waals surface area contributed by atoms with Gasteiger partial charge in [0.2, 0.25) is 0 Å². The van der Waals surface area contributed by atoms with Gasteiger partial charge in [-0.1, -0.05) is 42.5 Å². The van der Waals surface area contributed by atoms with Crippen molar-refractivity contribution in [3.8, 4) is 5.75 Å². The zero-order valence-electron chi connectivity index (χ0n) is 15.7. The summed E-state index contributed by atoms with van der Waals surface area (Å²) in [4.78, 5) is 16.3. The highest BCUT2D eigenvalue weighted by Gasteiger charge is 2.22. The number of carbonyl (C=O) groups excluding carboxylic acids is 1. The molecule has 1 aliphatic heterocycles. The fourth-order valence-electron chi connectivity index (χ4n) is 3.26. The van der Waals surface area contributed by atoms with Crippen LogP contribution in [0.2, 0.25) is 0 Å². The molecule has 7 nitrogen and oxygen atoms in total. The van der Waals surface area contributed by atoms with Gasteiger partial charge in [0.15, 0.2) is 0 Å². The van der Waals surface area contributed by atoms with E-state index in [4.69, 9.17) is 0 Å². The Hall–Kier alpha value is -2.74. The van der Waals surface area contributed by atoms with Crippen molar-refractivity contribution in [3.05, 3.63) is 65.7 Å². The first-order chi connectivity index (χ1) is 13.6. The number of hydrogen-bond acceptors (Lipinski definition) is 6. The molecule has 0 aliphatic carbocycles. The number of aliphatic hydroxyl groups excluding tert-OH is 1. The van der Waals surface area contributed by atoms with Crippen LogP contribution in [0.5, 0.6) is 5.75 Å². The lowest BCUT2D eigenvalue weighted by atomic mass is 10.2. The Kier molecular flexibility index (Phi) is 7.13. The van der Waals surface area contributed by atoms with Crippen molar-refractivity contribution in [1.29, 1.82) is 0 Å². The third kappa shape index (κ3) is 6.16. The molecular weight excluding hydrogens is 356 g/mol. The minimum Gasteiger partial charge on any atom is -0.507 e. The smallest absolute Gasteiger partial charge is 0.254 e. The fourth-order valence-corrected chi connectivity index (χ4v) is 3.26. The van der Waals surface area contributed by atoms with Gasteiger partial charge < -0.3 is 10.2 Å². The van der Waals surface area contributed by atoms with Gasteiger partial charge in [-0.3, -0.25) is 14.6 Å². The molecule has 2 aromatic carbocycles. The van der Waals surface area contributed by atoms with E-state index in [1.807, 2.05) is 23.1 Å². The lowest BCUT2D eigenvalue weighted by Crippen LogP contribution is -2.39. The zero-order chi connectivity index (χ0) is 19.8. The van der Waals surface area contributed by atoms with Gasteiger partial charge in [-0.15, -0.1) is 0 Å². The van der Waals surface area contributed by atoms with Crippen molar-refractivity contribution in [2.75, 3.05) is 32.7 Å². The Balaban J connectivity index is 1.47. The summed E-state index contributed by atoms with van der Waals surface area (Å²) in [5.74, 6) is -0.148. The molecule has 1 fully saturated rings. The second-order valence-electron chi connectivity index (χ2n) is 6.96. The van der Waals surface area contributed by atoms with Crippen LogP contribution in [0.1, 0.15) is 11.1 Å². The number of hydrazone groups is 1. The summed E-state index contributed by atoms with van der Waals surface area (Å²) in [7, 11) is 0. The summed E-state index contributed by atoms with van der Waals surface area (Å²) >= 11 is 0. The Morgan fingerprint density at radius 1 is 1.07 bits per heavy atom. The molecule has 0 saturated carbocycles. The maximum atomic E-state index is 12.2. The molecule has 1 aliphatic rings. The molecule has 1 heterocycles. The topological polar surface area (TPSA) is 88.4 Å². The summed E-state index contributed by atoms with van der Waals surface area (Å²) in [6.07, 6.45) is 0.898. The molecule has 1 unspecified atom stereocenters. The lowest BCUT2D eigenvalue weighted by molar-refractivity contribution is -0.122. The average Bonchev–Trinajstić information content (AvgIpc) is 2.85. The van der Waals surface area contributed by atoms with Gasteiger partial charge in [-0.2, -0.15) is 5.10 Å². The van der Waals surface area contributed by atoms with Crippen molar-refractivity contribution in [2.24, 2.45) is 5.10 Å². The van der Waals surface area contributed by atoms with Gasteiger partial charge in [0.25, 0.3) is 5.91 Å². The molecule has 2 aromatic rings. The summed E-state index contributed by atoms with van der Waals surface area (Å²) in [6, 6.07) is 16.9. The van der Waals surface area contributed by atoms with E-state index in [-0.39, 0.29) is 18.2 Å². The van der Waals surface area contributed by atoms with Crippen LogP contribution in [0, 0.1) is 0 Å². The number of phenolic OH excluding ortho intramolecular Hbond substituents is 1. The number of carbonyl (C=O) groups is 1. The third-order valence-corrected chi connectivity index (χ3v) is 4.62. The molecule has 28 heavy (non-hydrogen) atoms. The highest BCUT2D eigenvalue weighted by Crippen LogP contribution is 2.12.